The smallest absolute Gasteiger partial charge is 0.358 e. The van der Waals surface area contributed by atoms with Crippen LogP contribution in [0.2, 0.25) is 0 Å². The molecule has 4 aliphatic carbocycles. The third-order valence-electron chi connectivity index (χ3n) is 10.3. The Hall–Kier alpha value is 0.883. The SMILES string of the molecule is CC(C)C1CCC2CCC3CCCCC3C21.CC1C(C)C(C)C(C)C1C.[CH3-].[CH3-].[CH3-].[CH3-].[Zr+4]. The van der Waals surface area contributed by atoms with E-state index in [-0.39, 0.29) is 55.9 Å². The van der Waals surface area contributed by atoms with Crippen LogP contribution in [0.15, 0.2) is 0 Å². The van der Waals surface area contributed by atoms with Gasteiger partial charge in [-0.05, 0) is 97.2 Å². The van der Waals surface area contributed by atoms with Crippen molar-refractivity contribution in [3.05, 3.63) is 29.7 Å². The third-order valence-corrected chi connectivity index (χ3v) is 10.3. The first-order valence-electron chi connectivity index (χ1n) is 12.3. The van der Waals surface area contributed by atoms with Crippen LogP contribution in [0, 0.1) is 94.8 Å². The Bertz CT molecular complexity index is 399. The molecule has 0 aromatic heterocycles. The fraction of sp³-hybridized carbons (Fsp3) is 0.867. The van der Waals surface area contributed by atoms with Crippen molar-refractivity contribution in [2.45, 2.75) is 99.8 Å². The fourth-order valence-electron chi connectivity index (χ4n) is 7.85. The molecule has 0 bridgehead atoms. The van der Waals surface area contributed by atoms with Gasteiger partial charge in [0.1, 0.15) is 0 Å². The third kappa shape index (κ3) is 7.69. The van der Waals surface area contributed by atoms with Gasteiger partial charge in [-0.15, -0.1) is 0 Å². The molecule has 5 unspecified atom stereocenters. The van der Waals surface area contributed by atoms with Gasteiger partial charge in [0, 0.05) is 0 Å². The van der Waals surface area contributed by atoms with E-state index in [1.807, 2.05) is 0 Å². The first-order chi connectivity index (χ1) is 12.3. The molecule has 4 fully saturated rings. The first-order valence-corrected chi connectivity index (χ1v) is 12.3. The Balaban J connectivity index is -0.000000469. The molecule has 1 heteroatoms. The molecule has 0 amide bonds. The fourth-order valence-corrected chi connectivity index (χ4v) is 7.85. The summed E-state index contributed by atoms with van der Waals surface area (Å²) in [7, 11) is 0. The summed E-state index contributed by atoms with van der Waals surface area (Å²) in [5.74, 6) is 11.2. The van der Waals surface area contributed by atoms with E-state index >= 15 is 0 Å². The van der Waals surface area contributed by atoms with Crippen LogP contribution in [0.3, 0.4) is 0 Å². The summed E-state index contributed by atoms with van der Waals surface area (Å²) in [6.07, 6.45) is 12.5. The van der Waals surface area contributed by atoms with E-state index in [1.165, 1.54) is 12.8 Å². The zero-order chi connectivity index (χ0) is 19.0. The van der Waals surface area contributed by atoms with Gasteiger partial charge in [0.2, 0.25) is 0 Å². The second-order valence-corrected chi connectivity index (χ2v) is 11.4. The molecule has 184 valence electrons. The van der Waals surface area contributed by atoms with Crippen LogP contribution in [-0.2, 0) is 26.2 Å². The summed E-state index contributed by atoms with van der Waals surface area (Å²) in [4.78, 5) is 0. The van der Waals surface area contributed by atoms with Crippen molar-refractivity contribution < 1.29 is 26.2 Å². The van der Waals surface area contributed by atoms with Gasteiger partial charge in [-0.3, -0.25) is 0 Å². The van der Waals surface area contributed by atoms with Gasteiger partial charge in [-0.25, -0.2) is 0 Å². The maximum atomic E-state index is 2.47. The van der Waals surface area contributed by atoms with E-state index in [0.717, 1.165) is 65.1 Å². The Morgan fingerprint density at radius 2 is 0.903 bits per heavy atom. The van der Waals surface area contributed by atoms with Crippen molar-refractivity contribution in [3.8, 4) is 0 Å². The number of hydrogen-bond acceptors (Lipinski definition) is 0. The largest absolute Gasteiger partial charge is 4.00 e. The summed E-state index contributed by atoms with van der Waals surface area (Å²) in [5, 5.41) is 0. The normalized spacial score (nSPS) is 42.6. The average Bonchev–Trinajstić information content (AvgIpc) is 3.16. The molecule has 0 radical (unpaired) electrons. The van der Waals surface area contributed by atoms with Crippen LogP contribution in [-0.4, -0.2) is 0 Å². The minimum absolute atomic E-state index is 0. The van der Waals surface area contributed by atoms with Gasteiger partial charge in [-0.1, -0.05) is 67.7 Å². The average molecular weight is 512 g/mol. The molecule has 0 saturated heterocycles. The predicted octanol–water partition coefficient (Wildman–Crippen LogP) is 9.86. The quantitative estimate of drug-likeness (QED) is 0.307. The second kappa shape index (κ2) is 15.7. The summed E-state index contributed by atoms with van der Waals surface area (Å²) in [6.45, 7) is 16.9. The maximum absolute atomic E-state index is 2.47. The van der Waals surface area contributed by atoms with Crippen molar-refractivity contribution in [1.29, 1.82) is 0 Å². The topological polar surface area (TPSA) is 0 Å². The molecule has 4 rings (SSSR count). The van der Waals surface area contributed by atoms with E-state index in [2.05, 4.69) is 48.5 Å². The van der Waals surface area contributed by atoms with E-state index < -0.39 is 0 Å². The Morgan fingerprint density at radius 1 is 0.516 bits per heavy atom. The molecular formula is C30H60Zr. The molecule has 4 saturated carbocycles. The molecule has 0 spiro atoms. The van der Waals surface area contributed by atoms with Gasteiger partial charge in [0.05, 0.1) is 0 Å². The van der Waals surface area contributed by atoms with Crippen LogP contribution < -0.4 is 0 Å². The monoisotopic (exact) mass is 510 g/mol. The van der Waals surface area contributed by atoms with Gasteiger partial charge in [0.15, 0.2) is 0 Å². The molecule has 5 atom stereocenters. The minimum Gasteiger partial charge on any atom is -0.358 e. The summed E-state index contributed by atoms with van der Waals surface area (Å²) in [6, 6.07) is 0. The summed E-state index contributed by atoms with van der Waals surface area (Å²) >= 11 is 0. The van der Waals surface area contributed by atoms with E-state index in [4.69, 9.17) is 0 Å². The first kappa shape index (κ1) is 36.5. The van der Waals surface area contributed by atoms with E-state index in [9.17, 15) is 0 Å². The molecule has 0 aliphatic heterocycles. The van der Waals surface area contributed by atoms with Gasteiger partial charge in [0.25, 0.3) is 0 Å². The van der Waals surface area contributed by atoms with Crippen molar-refractivity contribution in [2.24, 2.45) is 65.1 Å². The van der Waals surface area contributed by atoms with E-state index in [0.29, 0.717) is 0 Å². The van der Waals surface area contributed by atoms with Crippen LogP contribution in [0.25, 0.3) is 0 Å². The van der Waals surface area contributed by atoms with E-state index in [1.54, 1.807) is 38.5 Å². The molecular weight excluding hydrogens is 452 g/mol. The van der Waals surface area contributed by atoms with Crippen LogP contribution in [0.1, 0.15) is 99.8 Å². The predicted molar refractivity (Wildman–Crippen MR) is 141 cm³/mol. The number of hydrogen-bond donors (Lipinski definition) is 0. The molecule has 0 heterocycles. The zero-order valence-electron chi connectivity index (χ0n) is 23.5. The van der Waals surface area contributed by atoms with Crippen LogP contribution in [0.5, 0.6) is 0 Å². The molecule has 0 aromatic rings. The molecule has 0 N–H and O–H groups in total. The van der Waals surface area contributed by atoms with Gasteiger partial charge < -0.3 is 29.7 Å². The van der Waals surface area contributed by atoms with Crippen molar-refractivity contribution in [2.75, 3.05) is 0 Å². The molecule has 4 aliphatic rings. The second-order valence-electron chi connectivity index (χ2n) is 11.4. The standard InChI is InChI=1S/C16H28.C10H20.4CH3.Zr/c1-11(2)14-10-9-13-8-7-12-5-3-4-6-15(12)16(13)14;1-6-7(2)9(4)10(5)8(6)3;;;;;/h11-16H,3-10H2,1-2H3;6-10H,1-5H3;4*1H3;/q;;4*-1;+4. The molecule has 0 nitrogen and oxygen atoms in total. The molecule has 0 aromatic carbocycles. The summed E-state index contributed by atoms with van der Waals surface area (Å²) < 4.78 is 0. The Morgan fingerprint density at radius 3 is 1.35 bits per heavy atom. The van der Waals surface area contributed by atoms with Crippen molar-refractivity contribution in [1.82, 2.24) is 0 Å². The number of rotatable bonds is 1. The van der Waals surface area contributed by atoms with Crippen molar-refractivity contribution in [3.63, 3.8) is 0 Å². The minimum atomic E-state index is 0. The summed E-state index contributed by atoms with van der Waals surface area (Å²) in [5.41, 5.74) is 0. The van der Waals surface area contributed by atoms with Crippen LogP contribution in [0.4, 0.5) is 0 Å². The van der Waals surface area contributed by atoms with Crippen molar-refractivity contribution >= 4 is 0 Å². The Labute approximate surface area is 220 Å². The van der Waals surface area contributed by atoms with Gasteiger partial charge in [-0.2, -0.15) is 0 Å². The zero-order valence-corrected chi connectivity index (χ0v) is 26.0. The maximum Gasteiger partial charge on any atom is 4.00 e. The van der Waals surface area contributed by atoms with Crippen LogP contribution >= 0.6 is 0 Å². The molecule has 31 heavy (non-hydrogen) atoms. The number of fused-ring (bicyclic) bond motifs is 3. The van der Waals surface area contributed by atoms with Gasteiger partial charge >= 0.3 is 26.2 Å². The Kier molecular flexibility index (Phi) is 18.5.